The first kappa shape index (κ1) is 18.9. The van der Waals surface area contributed by atoms with Crippen LogP contribution < -0.4 is 14.5 Å². The molecule has 5 nitrogen and oxygen atoms in total. The second kappa shape index (κ2) is 7.82. The average Bonchev–Trinajstić information content (AvgIpc) is 2.62. The molecule has 1 heterocycles. The monoisotopic (exact) mass is 398 g/mol. The summed E-state index contributed by atoms with van der Waals surface area (Å²) in [5, 5.41) is 0.448. The molecule has 0 atom stereocenters. The highest BCUT2D eigenvalue weighted by Crippen LogP contribution is 2.31. The van der Waals surface area contributed by atoms with Gasteiger partial charge in [-0.05, 0) is 49.4 Å². The number of nitrogens with zero attached hydrogens (tertiary/aromatic N) is 1. The molecular formula is C18H22ClFN3O2S+. The van der Waals surface area contributed by atoms with Crippen molar-refractivity contribution < 1.29 is 17.7 Å². The minimum absolute atomic E-state index is 0.00470. The Morgan fingerprint density at radius 3 is 2.42 bits per heavy atom. The molecule has 1 aliphatic heterocycles. The van der Waals surface area contributed by atoms with Crippen LogP contribution in [-0.2, 0) is 10.0 Å². The standard InChI is InChI=1S/C18H21ClFN3O2S/c1-2-22-9-11-23(12-10-22)18-8-3-14(19)13-17(18)21-26(24,25)16-6-4-15(20)5-7-16/h3-8,13,21H,2,9-12H2,1H3/p+1. The van der Waals surface area contributed by atoms with Gasteiger partial charge in [-0.15, -0.1) is 0 Å². The molecule has 2 N–H and O–H groups in total. The van der Waals surface area contributed by atoms with E-state index in [1.165, 1.54) is 17.0 Å². The number of quaternary nitrogens is 1. The van der Waals surface area contributed by atoms with Crippen molar-refractivity contribution in [1.29, 1.82) is 0 Å². The number of piperazine rings is 1. The van der Waals surface area contributed by atoms with Crippen LogP contribution in [0.1, 0.15) is 6.92 Å². The van der Waals surface area contributed by atoms with Crippen LogP contribution in [0.3, 0.4) is 0 Å². The molecule has 0 saturated carbocycles. The maximum Gasteiger partial charge on any atom is 0.261 e. The highest BCUT2D eigenvalue weighted by atomic mass is 35.5. The predicted octanol–water partition coefficient (Wildman–Crippen LogP) is 2.00. The highest BCUT2D eigenvalue weighted by Gasteiger charge is 2.23. The lowest BCUT2D eigenvalue weighted by atomic mass is 10.2. The summed E-state index contributed by atoms with van der Waals surface area (Å²) in [6.07, 6.45) is 0. The van der Waals surface area contributed by atoms with E-state index >= 15 is 0 Å². The summed E-state index contributed by atoms with van der Waals surface area (Å²) in [5.41, 5.74) is 1.23. The van der Waals surface area contributed by atoms with Crippen molar-refractivity contribution in [2.24, 2.45) is 0 Å². The van der Waals surface area contributed by atoms with Gasteiger partial charge in [0.05, 0.1) is 49.0 Å². The molecule has 0 aliphatic carbocycles. The van der Waals surface area contributed by atoms with Crippen LogP contribution in [-0.4, -0.2) is 41.1 Å². The molecular weight excluding hydrogens is 377 g/mol. The molecule has 2 aromatic carbocycles. The van der Waals surface area contributed by atoms with Gasteiger partial charge in [0.15, 0.2) is 0 Å². The van der Waals surface area contributed by atoms with Gasteiger partial charge in [-0.1, -0.05) is 11.6 Å². The van der Waals surface area contributed by atoms with Crippen LogP contribution in [0.4, 0.5) is 15.8 Å². The fourth-order valence-corrected chi connectivity index (χ4v) is 4.34. The van der Waals surface area contributed by atoms with Crippen molar-refractivity contribution in [3.63, 3.8) is 0 Å². The molecule has 2 aromatic rings. The average molecular weight is 399 g/mol. The van der Waals surface area contributed by atoms with E-state index in [0.717, 1.165) is 50.5 Å². The summed E-state index contributed by atoms with van der Waals surface area (Å²) < 4.78 is 41.0. The van der Waals surface area contributed by atoms with E-state index in [1.54, 1.807) is 12.1 Å². The topological polar surface area (TPSA) is 53.9 Å². The van der Waals surface area contributed by atoms with E-state index in [4.69, 9.17) is 11.6 Å². The van der Waals surface area contributed by atoms with Gasteiger partial charge in [-0.25, -0.2) is 12.8 Å². The zero-order chi connectivity index (χ0) is 18.7. The van der Waals surface area contributed by atoms with Crippen LogP contribution in [0.25, 0.3) is 0 Å². The number of sulfonamides is 1. The number of nitrogens with one attached hydrogen (secondary N) is 2. The number of anilines is 2. The van der Waals surface area contributed by atoms with Gasteiger partial charge in [-0.2, -0.15) is 0 Å². The lowest BCUT2D eigenvalue weighted by molar-refractivity contribution is -0.898. The zero-order valence-corrected chi connectivity index (χ0v) is 16.1. The maximum atomic E-state index is 13.1. The smallest absolute Gasteiger partial charge is 0.261 e. The van der Waals surface area contributed by atoms with Crippen LogP contribution in [0, 0.1) is 5.82 Å². The van der Waals surface area contributed by atoms with Crippen molar-refractivity contribution >= 4 is 33.0 Å². The van der Waals surface area contributed by atoms with Crippen LogP contribution >= 0.6 is 11.6 Å². The summed E-state index contributed by atoms with van der Waals surface area (Å²) in [7, 11) is -3.83. The second-order valence-corrected chi connectivity index (χ2v) is 8.43. The molecule has 1 fully saturated rings. The molecule has 3 rings (SSSR count). The lowest BCUT2D eigenvalue weighted by Gasteiger charge is -2.34. The third-order valence-electron chi connectivity index (χ3n) is 4.64. The largest absolute Gasteiger partial charge is 0.359 e. The molecule has 0 bridgehead atoms. The summed E-state index contributed by atoms with van der Waals surface area (Å²) in [6, 6.07) is 9.93. The third-order valence-corrected chi connectivity index (χ3v) is 6.25. The molecule has 1 saturated heterocycles. The number of halogens is 2. The Balaban J connectivity index is 1.87. The molecule has 26 heavy (non-hydrogen) atoms. The Labute approximate surface area is 158 Å². The second-order valence-electron chi connectivity index (χ2n) is 6.31. The third kappa shape index (κ3) is 4.28. The quantitative estimate of drug-likeness (QED) is 0.810. The van der Waals surface area contributed by atoms with Gasteiger partial charge < -0.3 is 9.80 Å². The first-order valence-electron chi connectivity index (χ1n) is 8.55. The van der Waals surface area contributed by atoms with Gasteiger partial charge >= 0.3 is 0 Å². The molecule has 140 valence electrons. The van der Waals surface area contributed by atoms with E-state index in [0.29, 0.717) is 10.7 Å². The first-order chi connectivity index (χ1) is 12.4. The van der Waals surface area contributed by atoms with Gasteiger partial charge in [0, 0.05) is 5.02 Å². The Hall–Kier alpha value is -1.83. The Morgan fingerprint density at radius 1 is 1.15 bits per heavy atom. The van der Waals surface area contributed by atoms with Crippen molar-refractivity contribution in [2.45, 2.75) is 11.8 Å². The van der Waals surface area contributed by atoms with Crippen LogP contribution in [0.15, 0.2) is 47.4 Å². The molecule has 0 amide bonds. The minimum atomic E-state index is -3.83. The molecule has 1 aliphatic rings. The van der Waals surface area contributed by atoms with E-state index in [2.05, 4.69) is 16.5 Å². The van der Waals surface area contributed by atoms with Crippen LogP contribution in [0.5, 0.6) is 0 Å². The Morgan fingerprint density at radius 2 is 1.81 bits per heavy atom. The van der Waals surface area contributed by atoms with Crippen molar-refractivity contribution in [3.05, 3.63) is 53.3 Å². The normalized spacial score (nSPS) is 15.9. The fraction of sp³-hybridized carbons (Fsp3) is 0.333. The number of hydrogen-bond acceptors (Lipinski definition) is 3. The van der Waals surface area contributed by atoms with E-state index in [9.17, 15) is 12.8 Å². The van der Waals surface area contributed by atoms with E-state index < -0.39 is 15.8 Å². The molecule has 0 radical (unpaired) electrons. The maximum absolute atomic E-state index is 13.1. The molecule has 0 unspecified atom stereocenters. The number of rotatable bonds is 5. The molecule has 0 aromatic heterocycles. The van der Waals surface area contributed by atoms with E-state index in [-0.39, 0.29) is 4.90 Å². The number of likely N-dealkylation sites (N-methyl/N-ethyl adjacent to an activating group) is 1. The number of hydrogen-bond donors (Lipinski definition) is 2. The highest BCUT2D eigenvalue weighted by molar-refractivity contribution is 7.92. The fourth-order valence-electron chi connectivity index (χ4n) is 3.10. The summed E-state index contributed by atoms with van der Waals surface area (Å²) >= 11 is 6.09. The SMILES string of the molecule is CC[NH+]1CCN(c2ccc(Cl)cc2NS(=O)(=O)c2ccc(F)cc2)CC1. The summed E-state index contributed by atoms with van der Waals surface area (Å²) in [6.45, 7) is 6.94. The van der Waals surface area contributed by atoms with Crippen molar-refractivity contribution in [3.8, 4) is 0 Å². The van der Waals surface area contributed by atoms with E-state index in [1.807, 2.05) is 6.07 Å². The lowest BCUT2D eigenvalue weighted by Crippen LogP contribution is -3.14. The number of benzene rings is 2. The molecule has 0 spiro atoms. The van der Waals surface area contributed by atoms with Gasteiger partial charge in [0.2, 0.25) is 0 Å². The van der Waals surface area contributed by atoms with Gasteiger partial charge in [0.25, 0.3) is 10.0 Å². The first-order valence-corrected chi connectivity index (χ1v) is 10.4. The summed E-state index contributed by atoms with van der Waals surface area (Å²) in [5.74, 6) is -0.483. The van der Waals surface area contributed by atoms with Crippen LogP contribution in [0.2, 0.25) is 5.02 Å². The van der Waals surface area contributed by atoms with Crippen molar-refractivity contribution in [2.75, 3.05) is 42.3 Å². The van der Waals surface area contributed by atoms with Gasteiger partial charge in [0.1, 0.15) is 5.82 Å². The Kier molecular flexibility index (Phi) is 5.70. The van der Waals surface area contributed by atoms with Gasteiger partial charge in [-0.3, -0.25) is 4.72 Å². The minimum Gasteiger partial charge on any atom is -0.359 e. The van der Waals surface area contributed by atoms with Crippen molar-refractivity contribution in [1.82, 2.24) is 0 Å². The molecule has 8 heteroatoms. The predicted molar refractivity (Wildman–Crippen MR) is 102 cm³/mol. The summed E-state index contributed by atoms with van der Waals surface area (Å²) in [4.78, 5) is 3.70. The zero-order valence-electron chi connectivity index (χ0n) is 14.5. The Bertz CT molecular complexity index is 867.